The van der Waals surface area contributed by atoms with Crippen LogP contribution in [0.25, 0.3) is 0 Å². The third kappa shape index (κ3) is 2.69. The second-order valence-corrected chi connectivity index (χ2v) is 6.47. The summed E-state index contributed by atoms with van der Waals surface area (Å²) in [6.07, 6.45) is 0.994. The lowest BCUT2D eigenvalue weighted by Crippen LogP contribution is -2.09. The van der Waals surface area contributed by atoms with Gasteiger partial charge in [0.1, 0.15) is 11.5 Å². The third-order valence-electron chi connectivity index (χ3n) is 3.65. The Kier molecular flexibility index (Phi) is 3.14. The van der Waals surface area contributed by atoms with Crippen molar-refractivity contribution >= 4 is 11.8 Å². The molecule has 2 heterocycles. The van der Waals surface area contributed by atoms with E-state index in [2.05, 4.69) is 24.7 Å². The molecule has 0 spiro atoms. The van der Waals surface area contributed by atoms with Gasteiger partial charge in [-0.2, -0.15) is 13.2 Å². The Labute approximate surface area is 128 Å². The van der Waals surface area contributed by atoms with Crippen LogP contribution in [0.2, 0.25) is 0 Å². The highest BCUT2D eigenvalue weighted by atomic mass is 32.2. The van der Waals surface area contributed by atoms with Crippen LogP contribution in [0.5, 0.6) is 0 Å². The highest BCUT2D eigenvalue weighted by Crippen LogP contribution is 2.46. The molecular formula is C13H12F3N5S. The maximum Gasteiger partial charge on any atom is 0.433 e. The molecule has 2 fully saturated rings. The summed E-state index contributed by atoms with van der Waals surface area (Å²) in [7, 11) is 0. The number of aromatic nitrogens is 5. The number of alkyl halides is 3. The Morgan fingerprint density at radius 3 is 2.55 bits per heavy atom. The lowest BCUT2D eigenvalue weighted by atomic mass is 10.4. The van der Waals surface area contributed by atoms with Crippen LogP contribution >= 0.6 is 11.8 Å². The fraction of sp³-hybridized carbons (Fsp3) is 0.538. The van der Waals surface area contributed by atoms with E-state index in [0.717, 1.165) is 55.5 Å². The van der Waals surface area contributed by atoms with Gasteiger partial charge in [0, 0.05) is 18.2 Å². The highest BCUT2D eigenvalue weighted by molar-refractivity contribution is 7.99. The Hall–Kier alpha value is -1.64. The molecule has 0 aliphatic heterocycles. The van der Waals surface area contributed by atoms with Crippen LogP contribution in [-0.2, 0) is 6.18 Å². The molecule has 0 unspecified atom stereocenters. The summed E-state index contributed by atoms with van der Waals surface area (Å²) >= 11 is 1.05. The first-order valence-corrected chi connectivity index (χ1v) is 7.87. The maximum atomic E-state index is 12.7. The second-order valence-electron chi connectivity index (χ2n) is 5.54. The molecule has 0 atom stereocenters. The summed E-state index contributed by atoms with van der Waals surface area (Å²) in [6.45, 7) is 0. The fourth-order valence-electron chi connectivity index (χ4n) is 2.28. The number of halogens is 3. The van der Waals surface area contributed by atoms with Gasteiger partial charge < -0.3 is 4.57 Å². The summed E-state index contributed by atoms with van der Waals surface area (Å²) in [5, 5.41) is 9.00. The molecule has 4 rings (SSSR count). The monoisotopic (exact) mass is 327 g/mol. The molecule has 2 aliphatic rings. The van der Waals surface area contributed by atoms with Gasteiger partial charge in [0.2, 0.25) is 0 Å². The molecule has 2 saturated carbocycles. The molecule has 116 valence electrons. The zero-order chi connectivity index (χ0) is 15.3. The van der Waals surface area contributed by atoms with E-state index in [0.29, 0.717) is 17.1 Å². The average molecular weight is 327 g/mol. The SMILES string of the molecule is FC(F)(F)c1ccnc(Sc2nnc(C3CC3)n2C2CC2)n1. The van der Waals surface area contributed by atoms with Gasteiger partial charge in [-0.05, 0) is 43.5 Å². The van der Waals surface area contributed by atoms with Crippen LogP contribution in [0, 0.1) is 0 Å². The van der Waals surface area contributed by atoms with E-state index in [9.17, 15) is 13.2 Å². The Morgan fingerprint density at radius 2 is 1.91 bits per heavy atom. The van der Waals surface area contributed by atoms with Crippen LogP contribution < -0.4 is 0 Å². The zero-order valence-electron chi connectivity index (χ0n) is 11.4. The molecule has 0 N–H and O–H groups in total. The van der Waals surface area contributed by atoms with Crippen molar-refractivity contribution in [3.05, 3.63) is 23.8 Å². The van der Waals surface area contributed by atoms with Crippen LogP contribution in [0.4, 0.5) is 13.2 Å². The van der Waals surface area contributed by atoms with Crippen molar-refractivity contribution in [2.24, 2.45) is 0 Å². The number of hydrogen-bond acceptors (Lipinski definition) is 5. The van der Waals surface area contributed by atoms with Gasteiger partial charge in [-0.15, -0.1) is 10.2 Å². The predicted molar refractivity (Wildman–Crippen MR) is 71.4 cm³/mol. The normalized spacial score (nSPS) is 18.7. The molecule has 2 aromatic heterocycles. The van der Waals surface area contributed by atoms with Crippen LogP contribution in [-0.4, -0.2) is 24.7 Å². The number of hydrogen-bond donors (Lipinski definition) is 0. The summed E-state index contributed by atoms with van der Waals surface area (Å²) in [5.41, 5.74) is -0.940. The lowest BCUT2D eigenvalue weighted by Gasteiger charge is -2.08. The topological polar surface area (TPSA) is 56.5 Å². The molecule has 0 aromatic carbocycles. The van der Waals surface area contributed by atoms with Gasteiger partial charge in [-0.1, -0.05) is 0 Å². The predicted octanol–water partition coefficient (Wildman–Crippen LogP) is 3.45. The van der Waals surface area contributed by atoms with Gasteiger partial charge in [0.05, 0.1) is 0 Å². The Balaban J connectivity index is 1.64. The minimum Gasteiger partial charge on any atom is -0.302 e. The third-order valence-corrected chi connectivity index (χ3v) is 4.49. The first-order valence-electron chi connectivity index (χ1n) is 7.05. The second kappa shape index (κ2) is 4.94. The van der Waals surface area contributed by atoms with E-state index in [1.54, 1.807) is 0 Å². The molecule has 2 aromatic rings. The summed E-state index contributed by atoms with van der Waals surface area (Å²) in [5.74, 6) is 1.40. The Morgan fingerprint density at radius 1 is 1.14 bits per heavy atom. The average Bonchev–Trinajstić information content (AvgIpc) is 3.38. The highest BCUT2D eigenvalue weighted by Gasteiger charge is 2.37. The van der Waals surface area contributed by atoms with Gasteiger partial charge in [-0.25, -0.2) is 9.97 Å². The van der Waals surface area contributed by atoms with E-state index < -0.39 is 11.9 Å². The molecule has 0 saturated heterocycles. The number of nitrogens with zero attached hydrogens (tertiary/aromatic N) is 5. The van der Waals surface area contributed by atoms with Crippen molar-refractivity contribution in [3.8, 4) is 0 Å². The smallest absolute Gasteiger partial charge is 0.302 e. The lowest BCUT2D eigenvalue weighted by molar-refractivity contribution is -0.141. The maximum absolute atomic E-state index is 12.7. The van der Waals surface area contributed by atoms with E-state index in [-0.39, 0.29) is 5.16 Å². The van der Waals surface area contributed by atoms with Gasteiger partial charge >= 0.3 is 6.18 Å². The minimum atomic E-state index is -4.47. The zero-order valence-corrected chi connectivity index (χ0v) is 12.2. The summed E-state index contributed by atoms with van der Waals surface area (Å²) in [6, 6.07) is 1.24. The first kappa shape index (κ1) is 14.0. The van der Waals surface area contributed by atoms with Crippen molar-refractivity contribution in [3.63, 3.8) is 0 Å². The standard InChI is InChI=1S/C13H12F3N5S/c14-13(15,16)9-5-6-17-11(18-9)22-12-20-19-10(7-1-2-7)21(12)8-3-4-8/h5-8H,1-4H2. The van der Waals surface area contributed by atoms with Gasteiger partial charge in [0.15, 0.2) is 10.3 Å². The molecule has 0 radical (unpaired) electrons. The number of rotatable bonds is 4. The van der Waals surface area contributed by atoms with Crippen molar-refractivity contribution < 1.29 is 13.2 Å². The molecule has 5 nitrogen and oxygen atoms in total. The Bertz CT molecular complexity index is 706. The molecule has 0 amide bonds. The summed E-state index contributed by atoms with van der Waals surface area (Å²) < 4.78 is 40.2. The van der Waals surface area contributed by atoms with Gasteiger partial charge in [0.25, 0.3) is 0 Å². The minimum absolute atomic E-state index is 0.0477. The quantitative estimate of drug-likeness (QED) is 0.805. The van der Waals surface area contributed by atoms with E-state index in [1.165, 1.54) is 0 Å². The molecular weight excluding hydrogens is 315 g/mol. The van der Waals surface area contributed by atoms with Crippen molar-refractivity contribution in [2.45, 2.75) is 54.1 Å². The van der Waals surface area contributed by atoms with E-state index >= 15 is 0 Å². The largest absolute Gasteiger partial charge is 0.433 e. The van der Waals surface area contributed by atoms with Crippen molar-refractivity contribution in [2.75, 3.05) is 0 Å². The molecule has 9 heteroatoms. The van der Waals surface area contributed by atoms with Crippen molar-refractivity contribution in [1.82, 2.24) is 24.7 Å². The van der Waals surface area contributed by atoms with Crippen molar-refractivity contribution in [1.29, 1.82) is 0 Å². The molecule has 2 aliphatic carbocycles. The first-order chi connectivity index (χ1) is 10.5. The van der Waals surface area contributed by atoms with Gasteiger partial charge in [-0.3, -0.25) is 0 Å². The van der Waals surface area contributed by atoms with Crippen LogP contribution in [0.15, 0.2) is 22.6 Å². The fourth-order valence-corrected chi connectivity index (χ4v) is 3.13. The van der Waals surface area contributed by atoms with E-state index in [1.807, 2.05) is 0 Å². The van der Waals surface area contributed by atoms with E-state index in [4.69, 9.17) is 0 Å². The molecule has 0 bridgehead atoms. The van der Waals surface area contributed by atoms with Crippen LogP contribution in [0.3, 0.4) is 0 Å². The summed E-state index contributed by atoms with van der Waals surface area (Å²) in [4.78, 5) is 7.49. The molecule has 22 heavy (non-hydrogen) atoms. The van der Waals surface area contributed by atoms with Crippen LogP contribution in [0.1, 0.15) is 49.2 Å².